The van der Waals surface area contributed by atoms with Crippen LogP contribution in [0.1, 0.15) is 60.0 Å². The van der Waals surface area contributed by atoms with Gasteiger partial charge in [-0.1, -0.05) is 6.07 Å². The molecule has 0 aliphatic rings. The number of rotatable bonds is 12. The molecular formula is C25H25F4N5O4. The van der Waals surface area contributed by atoms with Crippen molar-refractivity contribution in [2.45, 2.75) is 39.8 Å². The maximum atomic E-state index is 13.2. The van der Waals surface area contributed by atoms with E-state index in [4.69, 9.17) is 13.9 Å². The van der Waals surface area contributed by atoms with Crippen LogP contribution in [0.15, 0.2) is 53.2 Å². The fourth-order valence-electron chi connectivity index (χ4n) is 3.68. The highest BCUT2D eigenvalue weighted by Gasteiger charge is 2.22. The van der Waals surface area contributed by atoms with Crippen LogP contribution >= 0.6 is 0 Å². The molecule has 0 radical (unpaired) electrons. The van der Waals surface area contributed by atoms with Crippen molar-refractivity contribution in [3.63, 3.8) is 0 Å². The molecular weight excluding hydrogens is 510 g/mol. The molecule has 3 heterocycles. The molecule has 0 atom stereocenters. The van der Waals surface area contributed by atoms with Crippen molar-refractivity contribution in [2.24, 2.45) is 0 Å². The molecule has 1 N–H and O–H groups in total. The summed E-state index contributed by atoms with van der Waals surface area (Å²) in [7, 11) is 0. The molecule has 0 unspecified atom stereocenters. The molecule has 4 rings (SSSR count). The van der Waals surface area contributed by atoms with Crippen molar-refractivity contribution in [1.29, 1.82) is 0 Å². The number of carbonyl (C=O) groups excluding carboxylic acids is 1. The summed E-state index contributed by atoms with van der Waals surface area (Å²) in [5.41, 5.74) is -0.125. The van der Waals surface area contributed by atoms with E-state index in [1.54, 1.807) is 10.9 Å². The van der Waals surface area contributed by atoms with Crippen LogP contribution in [-0.2, 0) is 13.1 Å². The molecule has 0 saturated carbocycles. The van der Waals surface area contributed by atoms with Crippen LogP contribution in [0.25, 0.3) is 0 Å². The summed E-state index contributed by atoms with van der Waals surface area (Å²) in [4.78, 5) is 12.6. The third kappa shape index (κ3) is 6.33. The summed E-state index contributed by atoms with van der Waals surface area (Å²) in [6.45, 7) is 4.84. The minimum atomic E-state index is -3.00. The molecule has 0 spiro atoms. The first-order valence-electron chi connectivity index (χ1n) is 11.7. The Kier molecular flexibility index (Phi) is 8.34. The summed E-state index contributed by atoms with van der Waals surface area (Å²) >= 11 is 0. The Bertz CT molecular complexity index is 1380. The van der Waals surface area contributed by atoms with Crippen molar-refractivity contribution in [2.75, 3.05) is 18.5 Å². The van der Waals surface area contributed by atoms with Crippen LogP contribution in [-0.4, -0.2) is 38.7 Å². The number of amides is 1. The van der Waals surface area contributed by atoms with Gasteiger partial charge in [0.1, 0.15) is 17.1 Å². The second-order valence-electron chi connectivity index (χ2n) is 8.05. The minimum absolute atomic E-state index is 0.0947. The number of furan rings is 1. The van der Waals surface area contributed by atoms with Crippen molar-refractivity contribution >= 4 is 11.6 Å². The number of anilines is 1. The van der Waals surface area contributed by atoms with E-state index in [1.165, 1.54) is 18.3 Å². The third-order valence-electron chi connectivity index (χ3n) is 5.31. The molecule has 202 valence electrons. The Hall–Kier alpha value is -4.29. The molecule has 1 aromatic carbocycles. The van der Waals surface area contributed by atoms with Gasteiger partial charge < -0.3 is 19.2 Å². The highest BCUT2D eigenvalue weighted by atomic mass is 19.3. The lowest BCUT2D eigenvalue weighted by molar-refractivity contribution is 0.0994. The quantitative estimate of drug-likeness (QED) is 0.234. The Morgan fingerprint density at radius 3 is 2.47 bits per heavy atom. The molecule has 13 heteroatoms. The van der Waals surface area contributed by atoms with E-state index >= 15 is 0 Å². The van der Waals surface area contributed by atoms with E-state index < -0.39 is 30.1 Å². The molecule has 1 amide bonds. The van der Waals surface area contributed by atoms with Crippen LogP contribution in [0.4, 0.5) is 23.2 Å². The fourth-order valence-corrected chi connectivity index (χ4v) is 3.68. The van der Waals surface area contributed by atoms with Gasteiger partial charge in [0.2, 0.25) is 0 Å². The summed E-state index contributed by atoms with van der Waals surface area (Å²) < 4.78 is 71.2. The van der Waals surface area contributed by atoms with Crippen molar-refractivity contribution in [1.82, 2.24) is 19.6 Å². The number of hydrogen-bond donors (Lipinski definition) is 1. The number of nitrogens with zero attached hydrogens (tertiary/aromatic N) is 4. The van der Waals surface area contributed by atoms with Crippen LogP contribution in [0.3, 0.4) is 0 Å². The maximum Gasteiger partial charge on any atom is 0.291 e. The number of aromatic nitrogens is 4. The number of hydrogen-bond acceptors (Lipinski definition) is 6. The maximum absolute atomic E-state index is 13.2. The van der Waals surface area contributed by atoms with Gasteiger partial charge >= 0.3 is 0 Å². The molecule has 38 heavy (non-hydrogen) atoms. The highest BCUT2D eigenvalue weighted by Crippen LogP contribution is 2.29. The first kappa shape index (κ1) is 26.8. The Morgan fingerprint density at radius 1 is 1.00 bits per heavy atom. The smallest absolute Gasteiger partial charge is 0.291 e. The van der Waals surface area contributed by atoms with Gasteiger partial charge in [-0.15, -0.1) is 0 Å². The average Bonchev–Trinajstić information content (AvgIpc) is 3.62. The van der Waals surface area contributed by atoms with E-state index in [9.17, 15) is 22.4 Å². The SMILES string of the molecule is CCOc1ccc(Cn2cc(NC(=O)c3ccc(Cn4nc(C(F)F)cc4C(F)F)o3)cn2)cc1OCC. The van der Waals surface area contributed by atoms with E-state index in [2.05, 4.69) is 15.5 Å². The van der Waals surface area contributed by atoms with Gasteiger partial charge in [0, 0.05) is 6.20 Å². The second-order valence-corrected chi connectivity index (χ2v) is 8.05. The van der Waals surface area contributed by atoms with Gasteiger partial charge in [-0.3, -0.25) is 14.2 Å². The number of benzene rings is 1. The normalized spacial score (nSPS) is 11.4. The number of carbonyl (C=O) groups is 1. The first-order chi connectivity index (χ1) is 18.3. The zero-order valence-electron chi connectivity index (χ0n) is 20.5. The highest BCUT2D eigenvalue weighted by molar-refractivity contribution is 6.02. The Balaban J connectivity index is 1.40. The van der Waals surface area contributed by atoms with Crippen LogP contribution in [0.2, 0.25) is 0 Å². The number of halogens is 4. The molecule has 0 saturated heterocycles. The average molecular weight is 535 g/mol. The van der Waals surface area contributed by atoms with Gasteiger partial charge in [-0.05, 0) is 49.7 Å². The minimum Gasteiger partial charge on any atom is -0.490 e. The van der Waals surface area contributed by atoms with E-state index in [0.717, 1.165) is 10.2 Å². The monoisotopic (exact) mass is 535 g/mol. The summed E-state index contributed by atoms with van der Waals surface area (Å²) in [6.07, 6.45) is -2.90. The van der Waals surface area contributed by atoms with Gasteiger partial charge in [0.05, 0.1) is 38.2 Å². The van der Waals surface area contributed by atoms with Crippen LogP contribution in [0, 0.1) is 0 Å². The molecule has 0 aliphatic heterocycles. The van der Waals surface area contributed by atoms with Crippen molar-refractivity contribution < 1.29 is 36.2 Å². The molecule has 9 nitrogen and oxygen atoms in total. The molecule has 0 bridgehead atoms. The van der Waals surface area contributed by atoms with Crippen LogP contribution < -0.4 is 14.8 Å². The van der Waals surface area contributed by atoms with E-state index in [-0.39, 0.29) is 18.1 Å². The molecule has 0 aliphatic carbocycles. The fraction of sp³-hybridized carbons (Fsp3) is 0.320. The lowest BCUT2D eigenvalue weighted by atomic mass is 10.2. The standard InChI is InChI=1S/C25H25F4N5O4/c1-3-36-20-7-5-15(9-22(20)37-4-2)12-33-13-16(11-30-33)31-25(35)21-8-6-17(38-21)14-34-19(24(28)29)10-18(32-34)23(26)27/h5-11,13,23-24H,3-4,12,14H2,1-2H3,(H,31,35). The number of nitrogens with one attached hydrogen (secondary N) is 1. The largest absolute Gasteiger partial charge is 0.490 e. The first-order valence-corrected chi connectivity index (χ1v) is 11.7. The topological polar surface area (TPSA) is 96.3 Å². The molecule has 3 aromatic heterocycles. The lowest BCUT2D eigenvalue weighted by Crippen LogP contribution is -2.10. The summed E-state index contributed by atoms with van der Waals surface area (Å²) in [5.74, 6) is 0.676. The van der Waals surface area contributed by atoms with Gasteiger partial charge in [-0.25, -0.2) is 17.6 Å². The van der Waals surface area contributed by atoms with E-state index in [0.29, 0.717) is 43.0 Å². The van der Waals surface area contributed by atoms with Crippen molar-refractivity contribution in [3.05, 3.63) is 77.3 Å². The second kappa shape index (κ2) is 11.8. The predicted molar refractivity (Wildman–Crippen MR) is 128 cm³/mol. The zero-order valence-corrected chi connectivity index (χ0v) is 20.5. The molecule has 0 fully saturated rings. The predicted octanol–water partition coefficient (Wildman–Crippen LogP) is 5.69. The van der Waals surface area contributed by atoms with Gasteiger partial charge in [0.15, 0.2) is 17.3 Å². The number of ether oxygens (including phenoxy) is 2. The van der Waals surface area contributed by atoms with Gasteiger partial charge in [0.25, 0.3) is 18.8 Å². The third-order valence-corrected chi connectivity index (χ3v) is 5.31. The van der Waals surface area contributed by atoms with Crippen LogP contribution in [0.5, 0.6) is 11.5 Å². The van der Waals surface area contributed by atoms with E-state index in [1.807, 2.05) is 32.0 Å². The summed E-state index contributed by atoms with van der Waals surface area (Å²) in [6, 6.07) is 8.97. The number of alkyl halides is 4. The zero-order chi connectivity index (χ0) is 27.2. The Morgan fingerprint density at radius 2 is 1.76 bits per heavy atom. The van der Waals surface area contributed by atoms with Crippen molar-refractivity contribution in [3.8, 4) is 11.5 Å². The summed E-state index contributed by atoms with van der Waals surface area (Å²) in [5, 5.41) is 10.4. The molecule has 4 aromatic rings. The Labute approximate surface area is 214 Å². The van der Waals surface area contributed by atoms with Gasteiger partial charge in [-0.2, -0.15) is 10.2 Å². The lowest BCUT2D eigenvalue weighted by Gasteiger charge is -2.12.